The van der Waals surface area contributed by atoms with E-state index in [1.165, 1.54) is 0 Å². The summed E-state index contributed by atoms with van der Waals surface area (Å²) >= 11 is 0. The Kier molecular flexibility index (Phi) is 10.3. The minimum atomic E-state index is -0.336. The third-order valence-electron chi connectivity index (χ3n) is 11.2. The van der Waals surface area contributed by atoms with Crippen molar-refractivity contribution in [1.29, 1.82) is 0 Å². The highest BCUT2D eigenvalue weighted by atomic mass is 16.7. The maximum atomic E-state index is 12.5. The minimum Gasteiger partial charge on any atom is -0.461 e. The first-order chi connectivity index (χ1) is 23.0. The molecule has 0 bridgehead atoms. The summed E-state index contributed by atoms with van der Waals surface area (Å²) in [6.07, 6.45) is 13.4. The van der Waals surface area contributed by atoms with Gasteiger partial charge in [-0.1, -0.05) is 38.2 Å². The van der Waals surface area contributed by atoms with E-state index in [4.69, 9.17) is 28.4 Å². The molecule has 262 valence electrons. The Hall–Kier alpha value is -3.24. The number of ether oxygens (including phenoxy) is 6. The largest absolute Gasteiger partial charge is 0.461 e. The number of hydrogen-bond acceptors (Lipinski definition) is 10. The van der Waals surface area contributed by atoms with Gasteiger partial charge in [0.2, 0.25) is 0 Å². The lowest BCUT2D eigenvalue weighted by Gasteiger charge is -2.20. The van der Waals surface area contributed by atoms with E-state index in [2.05, 4.69) is 39.2 Å². The Morgan fingerprint density at radius 2 is 1.15 bits per heavy atom. The number of fused-ring (bicyclic) bond motifs is 6. The summed E-state index contributed by atoms with van der Waals surface area (Å²) in [6, 6.07) is 0. The van der Waals surface area contributed by atoms with E-state index in [1.807, 2.05) is 0 Å². The fourth-order valence-electron chi connectivity index (χ4n) is 7.89. The molecular weight excluding hydrogens is 616 g/mol. The van der Waals surface area contributed by atoms with Crippen LogP contribution in [0.3, 0.4) is 0 Å². The van der Waals surface area contributed by atoms with Gasteiger partial charge in [-0.2, -0.15) is 0 Å². The van der Waals surface area contributed by atoms with Crippen molar-refractivity contribution in [2.75, 3.05) is 13.2 Å². The van der Waals surface area contributed by atoms with E-state index >= 15 is 0 Å². The quantitative estimate of drug-likeness (QED) is 0.0654. The number of epoxide rings is 2. The third kappa shape index (κ3) is 7.80. The Morgan fingerprint density at radius 1 is 0.729 bits per heavy atom. The maximum Gasteiger partial charge on any atom is 0.334 e. The number of allylic oxidation sites excluding steroid dienone is 2. The van der Waals surface area contributed by atoms with Crippen LogP contribution in [0.5, 0.6) is 0 Å². The Labute approximate surface area is 283 Å². The molecule has 0 aromatic rings. The predicted molar refractivity (Wildman–Crippen MR) is 174 cm³/mol. The predicted octanol–water partition coefficient (Wildman–Crippen LogP) is 5.92. The van der Waals surface area contributed by atoms with Crippen molar-refractivity contribution in [2.24, 2.45) is 11.8 Å². The second-order valence-corrected chi connectivity index (χ2v) is 14.8. The molecule has 0 aromatic carbocycles. The molecule has 0 radical (unpaired) electrons. The van der Waals surface area contributed by atoms with Crippen LogP contribution in [0.1, 0.15) is 104 Å². The molecule has 0 aromatic heterocycles. The molecule has 10 heteroatoms. The number of hydrogen-bond donors (Lipinski definition) is 0. The first-order valence-electron chi connectivity index (χ1n) is 17.8. The number of esters is 4. The molecule has 4 aliphatic heterocycles. The van der Waals surface area contributed by atoms with Gasteiger partial charge in [0.15, 0.2) is 0 Å². The summed E-state index contributed by atoms with van der Waals surface area (Å²) < 4.78 is 34.4. The summed E-state index contributed by atoms with van der Waals surface area (Å²) in [6.45, 7) is 12.5. The van der Waals surface area contributed by atoms with Crippen LogP contribution in [0.15, 0.2) is 47.6 Å². The van der Waals surface area contributed by atoms with Gasteiger partial charge in [-0.25, -0.2) is 9.59 Å². The van der Waals surface area contributed by atoms with Crippen LogP contribution in [0.25, 0.3) is 0 Å². The van der Waals surface area contributed by atoms with Crippen molar-refractivity contribution in [3.63, 3.8) is 0 Å². The van der Waals surface area contributed by atoms with Gasteiger partial charge in [-0.3, -0.25) is 9.59 Å². The second kappa shape index (κ2) is 14.3. The van der Waals surface area contributed by atoms with Gasteiger partial charge in [-0.15, -0.1) is 0 Å². The molecule has 0 N–H and O–H groups in total. The topological polar surface area (TPSA) is 130 Å². The maximum absolute atomic E-state index is 12.5. The van der Waals surface area contributed by atoms with Gasteiger partial charge in [0, 0.05) is 35.8 Å². The van der Waals surface area contributed by atoms with E-state index in [-0.39, 0.29) is 84.5 Å². The summed E-state index contributed by atoms with van der Waals surface area (Å²) in [5, 5.41) is 0. The van der Waals surface area contributed by atoms with Crippen LogP contribution in [-0.2, 0) is 47.6 Å². The number of carbonyl (C=O) groups excluding carboxylic acids is 4. The number of unbranched alkanes of at least 4 members (excludes halogenated alkanes) is 3. The molecule has 0 saturated carbocycles. The number of rotatable bonds is 11. The van der Waals surface area contributed by atoms with Gasteiger partial charge in [-0.05, 0) is 89.2 Å². The Balaban J connectivity index is 0.849. The monoisotopic (exact) mass is 666 g/mol. The van der Waals surface area contributed by atoms with E-state index in [0.717, 1.165) is 49.7 Å². The third-order valence-corrected chi connectivity index (χ3v) is 11.2. The fraction of sp³-hybridized carbons (Fsp3) is 0.684. The molecule has 6 aliphatic rings. The molecule has 10 nitrogen and oxygen atoms in total. The fourth-order valence-corrected chi connectivity index (χ4v) is 7.89. The van der Waals surface area contributed by atoms with Gasteiger partial charge in [0.05, 0.1) is 11.2 Å². The number of carbonyl (C=O) groups is 4. The molecule has 0 unspecified atom stereocenters. The average molecular weight is 667 g/mol. The van der Waals surface area contributed by atoms with Crippen molar-refractivity contribution in [3.8, 4) is 0 Å². The molecule has 0 spiro atoms. The molecule has 2 aliphatic carbocycles. The highest BCUT2D eigenvalue weighted by Gasteiger charge is 2.62. The van der Waals surface area contributed by atoms with E-state index < -0.39 is 0 Å². The first-order valence-corrected chi connectivity index (χ1v) is 17.8. The molecular formula is C38H50O10. The normalized spacial score (nSPS) is 38.0. The van der Waals surface area contributed by atoms with Crippen molar-refractivity contribution in [2.45, 2.75) is 139 Å². The summed E-state index contributed by atoms with van der Waals surface area (Å²) in [5.41, 5.74) is 2.52. The highest BCUT2D eigenvalue weighted by Crippen LogP contribution is 2.51. The minimum absolute atomic E-state index is 0.0788. The summed E-state index contributed by atoms with van der Waals surface area (Å²) in [7, 11) is 0. The van der Waals surface area contributed by atoms with Crippen molar-refractivity contribution < 1.29 is 47.6 Å². The van der Waals surface area contributed by atoms with Crippen LogP contribution in [-0.4, -0.2) is 72.7 Å². The van der Waals surface area contributed by atoms with E-state index in [9.17, 15) is 19.2 Å². The highest BCUT2D eigenvalue weighted by molar-refractivity contribution is 5.91. The van der Waals surface area contributed by atoms with Crippen LogP contribution < -0.4 is 0 Å². The lowest BCUT2D eigenvalue weighted by atomic mass is 9.84. The summed E-state index contributed by atoms with van der Waals surface area (Å²) in [5.74, 6) is -1.30. The standard InChI is InChI=1S/C38H50O10/c1-23-27-17-15-25(11-9-19-37(3)33(47-37)31(27)45-35(23)41)21-43-29(39)13-7-5-6-8-14-30(40)44-22-26-12-10-20-38(4)34(48-38)32-28(18-16-26)24(2)36(42)46-32/h11-12,27-28,31-34H,1-2,5-10,13-22H2,3-4H3/b25-11+,26-12+/t27-,28-,31-,32-,33-,34-,37+,38+/m0/s1. The second-order valence-electron chi connectivity index (χ2n) is 14.8. The zero-order chi connectivity index (χ0) is 34.1. The molecule has 48 heavy (non-hydrogen) atoms. The molecule has 4 fully saturated rings. The molecule has 4 heterocycles. The molecule has 4 saturated heterocycles. The Morgan fingerprint density at radius 3 is 1.56 bits per heavy atom. The average Bonchev–Trinajstić information content (AvgIpc) is 3.86. The van der Waals surface area contributed by atoms with E-state index in [0.29, 0.717) is 62.5 Å². The van der Waals surface area contributed by atoms with Crippen LogP contribution in [0.2, 0.25) is 0 Å². The lowest BCUT2D eigenvalue weighted by Crippen LogP contribution is -2.29. The van der Waals surface area contributed by atoms with Gasteiger partial charge >= 0.3 is 23.9 Å². The first kappa shape index (κ1) is 34.6. The van der Waals surface area contributed by atoms with Gasteiger partial charge in [0.25, 0.3) is 0 Å². The lowest BCUT2D eigenvalue weighted by molar-refractivity contribution is -0.144. The molecule has 0 amide bonds. The van der Waals surface area contributed by atoms with E-state index in [1.54, 1.807) is 0 Å². The van der Waals surface area contributed by atoms with Gasteiger partial charge < -0.3 is 28.4 Å². The zero-order valence-corrected chi connectivity index (χ0v) is 28.4. The van der Waals surface area contributed by atoms with Crippen molar-refractivity contribution >= 4 is 23.9 Å². The van der Waals surface area contributed by atoms with Crippen molar-refractivity contribution in [3.05, 3.63) is 47.6 Å². The zero-order valence-electron chi connectivity index (χ0n) is 28.4. The van der Waals surface area contributed by atoms with Crippen LogP contribution in [0, 0.1) is 11.8 Å². The SMILES string of the molecule is C=C1C(=O)O[C@H]2[C@H]1CC/C(COC(=O)CCCCCCC(=O)OC/C1=C/CC[C@@]3(C)O[C@H]3[C@H]3OC(=O)C(=C)[C@@H]3CC1)=C\CC[C@@]1(C)O[C@@H]21. The Bertz CT molecular complexity index is 1290. The van der Waals surface area contributed by atoms with Crippen LogP contribution in [0.4, 0.5) is 0 Å². The smallest absolute Gasteiger partial charge is 0.334 e. The molecule has 6 rings (SSSR count). The van der Waals surface area contributed by atoms with Gasteiger partial charge in [0.1, 0.15) is 37.6 Å². The summed E-state index contributed by atoms with van der Waals surface area (Å²) in [4.78, 5) is 49.3. The van der Waals surface area contributed by atoms with Crippen molar-refractivity contribution in [1.82, 2.24) is 0 Å². The van der Waals surface area contributed by atoms with Crippen LogP contribution >= 0.6 is 0 Å². The molecule has 8 atom stereocenters.